The normalized spacial score (nSPS) is 26.3. The van der Waals surface area contributed by atoms with E-state index in [1.165, 1.54) is 0 Å². The summed E-state index contributed by atoms with van der Waals surface area (Å²) in [5, 5.41) is 16.3. The molecule has 0 aliphatic carbocycles. The number of aliphatic hydroxyl groups is 1. The first-order valence-corrected chi connectivity index (χ1v) is 10.1. The zero-order valence-electron chi connectivity index (χ0n) is 16.8. The van der Waals surface area contributed by atoms with E-state index in [0.29, 0.717) is 25.1 Å². The van der Waals surface area contributed by atoms with Crippen LogP contribution in [0.5, 0.6) is 0 Å². The van der Waals surface area contributed by atoms with Crippen molar-refractivity contribution in [1.82, 2.24) is 15.5 Å². The first kappa shape index (κ1) is 21.4. The number of ether oxygens (including phenoxy) is 2. The van der Waals surface area contributed by atoms with Crippen LogP contribution in [0.4, 0.5) is 0 Å². The molecule has 0 saturated carbocycles. The third-order valence-corrected chi connectivity index (χ3v) is 5.51. The molecular formula is C19H38N4O3. The van der Waals surface area contributed by atoms with Crippen molar-refractivity contribution in [3.63, 3.8) is 0 Å². The maximum Gasteiger partial charge on any atom is 0.191 e. The Bertz CT molecular complexity index is 419. The Balaban J connectivity index is 1.94. The van der Waals surface area contributed by atoms with E-state index >= 15 is 0 Å². The highest BCUT2D eigenvalue weighted by Crippen LogP contribution is 2.32. The van der Waals surface area contributed by atoms with E-state index in [1.807, 2.05) is 0 Å². The van der Waals surface area contributed by atoms with Gasteiger partial charge < -0.3 is 25.2 Å². The first-order valence-electron chi connectivity index (χ1n) is 10.1. The van der Waals surface area contributed by atoms with Crippen molar-refractivity contribution in [2.75, 3.05) is 65.8 Å². The topological polar surface area (TPSA) is 78.4 Å². The summed E-state index contributed by atoms with van der Waals surface area (Å²) in [6.07, 6.45) is 1.72. The molecule has 2 fully saturated rings. The summed E-state index contributed by atoms with van der Waals surface area (Å²) < 4.78 is 11.1. The van der Waals surface area contributed by atoms with Crippen molar-refractivity contribution in [3.05, 3.63) is 0 Å². The van der Waals surface area contributed by atoms with Gasteiger partial charge in [0.05, 0.1) is 26.4 Å². The van der Waals surface area contributed by atoms with E-state index in [4.69, 9.17) is 14.5 Å². The molecule has 0 amide bonds. The van der Waals surface area contributed by atoms with Crippen molar-refractivity contribution in [3.8, 4) is 0 Å². The van der Waals surface area contributed by atoms with Gasteiger partial charge in [-0.2, -0.15) is 0 Å². The molecule has 0 radical (unpaired) electrons. The highest BCUT2D eigenvalue weighted by molar-refractivity contribution is 5.79. The highest BCUT2D eigenvalue weighted by atomic mass is 16.5. The van der Waals surface area contributed by atoms with Gasteiger partial charge >= 0.3 is 0 Å². The largest absolute Gasteiger partial charge is 0.396 e. The molecular weight excluding hydrogens is 332 g/mol. The van der Waals surface area contributed by atoms with Gasteiger partial charge in [0.2, 0.25) is 0 Å². The summed E-state index contributed by atoms with van der Waals surface area (Å²) in [5.74, 6) is 1.42. The SMILES string of the molecule is CCNC(=NCC1(CCO)CCOC1)NCC(C(C)C)N1CCOCC1. The average molecular weight is 371 g/mol. The molecule has 2 atom stereocenters. The smallest absolute Gasteiger partial charge is 0.191 e. The van der Waals surface area contributed by atoms with Crippen molar-refractivity contribution in [2.45, 2.75) is 39.7 Å². The van der Waals surface area contributed by atoms with Crippen LogP contribution in [0.2, 0.25) is 0 Å². The monoisotopic (exact) mass is 370 g/mol. The molecule has 0 spiro atoms. The Morgan fingerprint density at radius 2 is 1.96 bits per heavy atom. The Hall–Kier alpha value is -0.890. The zero-order chi connectivity index (χ0) is 18.8. The molecule has 2 unspecified atom stereocenters. The van der Waals surface area contributed by atoms with Gasteiger partial charge in [0.15, 0.2) is 5.96 Å². The summed E-state index contributed by atoms with van der Waals surface area (Å²) in [7, 11) is 0. The van der Waals surface area contributed by atoms with Crippen molar-refractivity contribution in [2.24, 2.45) is 16.3 Å². The van der Waals surface area contributed by atoms with Crippen LogP contribution in [0.1, 0.15) is 33.6 Å². The quantitative estimate of drug-likeness (QED) is 0.409. The van der Waals surface area contributed by atoms with Gasteiger partial charge in [0.1, 0.15) is 0 Å². The summed E-state index contributed by atoms with van der Waals surface area (Å²) in [5.41, 5.74) is -0.0151. The van der Waals surface area contributed by atoms with Crippen molar-refractivity contribution >= 4 is 5.96 Å². The Morgan fingerprint density at radius 3 is 2.54 bits per heavy atom. The summed E-state index contributed by atoms with van der Waals surface area (Å²) >= 11 is 0. The lowest BCUT2D eigenvalue weighted by molar-refractivity contribution is 0.00751. The molecule has 152 valence electrons. The molecule has 26 heavy (non-hydrogen) atoms. The number of morpholine rings is 1. The molecule has 0 bridgehead atoms. The van der Waals surface area contributed by atoms with Crippen LogP contribution in [0, 0.1) is 11.3 Å². The van der Waals surface area contributed by atoms with Crippen LogP contribution in [-0.4, -0.2) is 87.8 Å². The predicted molar refractivity (Wildman–Crippen MR) is 105 cm³/mol. The summed E-state index contributed by atoms with van der Waals surface area (Å²) in [4.78, 5) is 7.34. The minimum absolute atomic E-state index is 0.0151. The second-order valence-corrected chi connectivity index (χ2v) is 7.81. The zero-order valence-corrected chi connectivity index (χ0v) is 16.8. The van der Waals surface area contributed by atoms with Gasteiger partial charge in [0.25, 0.3) is 0 Å². The number of aliphatic hydroxyl groups excluding tert-OH is 1. The number of nitrogens with zero attached hydrogens (tertiary/aromatic N) is 2. The van der Waals surface area contributed by atoms with Crippen LogP contribution in [0.25, 0.3) is 0 Å². The molecule has 2 aliphatic heterocycles. The summed E-state index contributed by atoms with van der Waals surface area (Å²) in [6.45, 7) is 14.3. The lowest BCUT2D eigenvalue weighted by Gasteiger charge is -2.37. The number of guanidine groups is 1. The van der Waals surface area contributed by atoms with Gasteiger partial charge in [-0.3, -0.25) is 9.89 Å². The molecule has 3 N–H and O–H groups in total. The van der Waals surface area contributed by atoms with Gasteiger partial charge in [-0.1, -0.05) is 13.8 Å². The third-order valence-electron chi connectivity index (χ3n) is 5.51. The van der Waals surface area contributed by atoms with E-state index in [9.17, 15) is 5.11 Å². The Morgan fingerprint density at radius 1 is 1.19 bits per heavy atom. The van der Waals surface area contributed by atoms with Gasteiger partial charge in [-0.25, -0.2) is 0 Å². The number of hydrogen-bond acceptors (Lipinski definition) is 5. The minimum Gasteiger partial charge on any atom is -0.396 e. The van der Waals surface area contributed by atoms with Crippen molar-refractivity contribution in [1.29, 1.82) is 0 Å². The molecule has 7 nitrogen and oxygen atoms in total. The number of hydrogen-bond donors (Lipinski definition) is 3. The fourth-order valence-electron chi connectivity index (χ4n) is 3.77. The first-order chi connectivity index (χ1) is 12.6. The number of nitrogens with one attached hydrogen (secondary N) is 2. The number of aliphatic imine (C=N–C) groups is 1. The maximum atomic E-state index is 9.39. The molecule has 0 aromatic rings. The standard InChI is InChI=1S/C19H38N4O3/c1-4-20-18(22-14-19(5-9-24)6-10-26-15-19)21-13-17(16(2)3)23-7-11-25-12-8-23/h16-17,24H,4-15H2,1-3H3,(H2,20,21,22). The molecule has 0 aromatic carbocycles. The Labute approximate surface area is 158 Å². The van der Waals surface area contributed by atoms with E-state index in [-0.39, 0.29) is 12.0 Å². The third kappa shape index (κ3) is 6.37. The van der Waals surface area contributed by atoms with E-state index in [0.717, 1.165) is 64.8 Å². The molecule has 2 rings (SSSR count). The van der Waals surface area contributed by atoms with E-state index in [1.54, 1.807) is 0 Å². The highest BCUT2D eigenvalue weighted by Gasteiger charge is 2.34. The predicted octanol–water partition coefficient (Wildman–Crippen LogP) is 0.687. The van der Waals surface area contributed by atoms with Gasteiger partial charge in [-0.05, 0) is 25.7 Å². The molecule has 2 aliphatic rings. The van der Waals surface area contributed by atoms with Crippen LogP contribution >= 0.6 is 0 Å². The Kier molecular flexibility index (Phi) is 9.11. The molecule has 2 saturated heterocycles. The van der Waals surface area contributed by atoms with Gasteiger partial charge in [-0.15, -0.1) is 0 Å². The van der Waals surface area contributed by atoms with Crippen molar-refractivity contribution < 1.29 is 14.6 Å². The van der Waals surface area contributed by atoms with Crippen LogP contribution in [0.3, 0.4) is 0 Å². The number of rotatable bonds is 9. The second-order valence-electron chi connectivity index (χ2n) is 7.81. The fourth-order valence-corrected chi connectivity index (χ4v) is 3.77. The molecule has 2 heterocycles. The molecule has 0 aromatic heterocycles. The lowest BCUT2D eigenvalue weighted by Crippen LogP contribution is -2.52. The van der Waals surface area contributed by atoms with E-state index < -0.39 is 0 Å². The van der Waals surface area contributed by atoms with Crippen LogP contribution in [-0.2, 0) is 9.47 Å². The minimum atomic E-state index is -0.0151. The average Bonchev–Trinajstić information content (AvgIpc) is 3.09. The second kappa shape index (κ2) is 11.1. The van der Waals surface area contributed by atoms with Crippen LogP contribution < -0.4 is 10.6 Å². The van der Waals surface area contributed by atoms with Crippen LogP contribution in [0.15, 0.2) is 4.99 Å². The van der Waals surface area contributed by atoms with E-state index in [2.05, 4.69) is 36.3 Å². The van der Waals surface area contributed by atoms with Gasteiger partial charge in [0, 0.05) is 50.8 Å². The fraction of sp³-hybridized carbons (Fsp3) is 0.947. The lowest BCUT2D eigenvalue weighted by atomic mass is 9.84. The molecule has 7 heteroatoms. The maximum absolute atomic E-state index is 9.39. The summed E-state index contributed by atoms with van der Waals surface area (Å²) in [6, 6.07) is 0.462.